The molecule has 1 unspecified atom stereocenters. The molecule has 3 N–H and O–H groups in total. The summed E-state index contributed by atoms with van der Waals surface area (Å²) in [5, 5.41) is 9.17. The minimum Gasteiger partial charge on any atom is -0.497 e. The lowest BCUT2D eigenvalue weighted by atomic mass is 10.1. The first-order valence-corrected chi connectivity index (χ1v) is 6.70. The third kappa shape index (κ3) is 4.44. The van der Waals surface area contributed by atoms with Crippen LogP contribution in [0.4, 0.5) is 10.5 Å². The van der Waals surface area contributed by atoms with Crippen LogP contribution < -0.4 is 20.7 Å². The molecule has 0 aromatic heterocycles. The first kappa shape index (κ1) is 13.7. The van der Waals surface area contributed by atoms with Crippen LogP contribution in [0.15, 0.2) is 24.3 Å². The number of carbonyl (C=O) groups is 1. The molecule has 19 heavy (non-hydrogen) atoms. The second-order valence-corrected chi connectivity index (χ2v) is 4.71. The van der Waals surface area contributed by atoms with E-state index in [0.717, 1.165) is 43.8 Å². The average molecular weight is 263 g/mol. The van der Waals surface area contributed by atoms with Gasteiger partial charge in [-0.1, -0.05) is 6.07 Å². The highest BCUT2D eigenvalue weighted by Gasteiger charge is 2.14. The van der Waals surface area contributed by atoms with E-state index in [1.54, 1.807) is 13.2 Å². The predicted octanol–water partition coefficient (Wildman–Crippen LogP) is 1.96. The molecule has 1 aliphatic rings. The monoisotopic (exact) mass is 263 g/mol. The summed E-state index contributed by atoms with van der Waals surface area (Å²) < 4.78 is 5.12. The predicted molar refractivity (Wildman–Crippen MR) is 75.7 cm³/mol. The molecule has 5 heteroatoms. The molecule has 0 spiro atoms. The zero-order valence-electron chi connectivity index (χ0n) is 11.2. The molecule has 2 rings (SSSR count). The van der Waals surface area contributed by atoms with Crippen molar-refractivity contribution in [2.45, 2.75) is 25.3 Å². The molecule has 1 aromatic carbocycles. The zero-order chi connectivity index (χ0) is 13.5. The van der Waals surface area contributed by atoms with Gasteiger partial charge >= 0.3 is 6.03 Å². The number of benzene rings is 1. The normalized spacial score (nSPS) is 19.3. The van der Waals surface area contributed by atoms with E-state index in [4.69, 9.17) is 4.74 Å². The number of methoxy groups -OCH3 is 1. The van der Waals surface area contributed by atoms with Crippen LogP contribution >= 0.6 is 0 Å². The van der Waals surface area contributed by atoms with Gasteiger partial charge in [-0.25, -0.2) is 4.79 Å². The number of ether oxygens (including phenoxy) is 1. The molecule has 0 saturated carbocycles. The summed E-state index contributed by atoms with van der Waals surface area (Å²) in [4.78, 5) is 11.9. The standard InChI is InChI=1S/C14H21N3O2/c1-19-13-6-2-4-12(10-13)17-14(18)16-11-5-3-8-15-9-7-11/h2,4,6,10-11,15H,3,5,7-9H2,1H3,(H2,16,17,18). The summed E-state index contributed by atoms with van der Waals surface area (Å²) in [6.45, 7) is 2.00. The Hall–Kier alpha value is -1.75. The summed E-state index contributed by atoms with van der Waals surface area (Å²) >= 11 is 0. The molecule has 1 heterocycles. The molecular weight excluding hydrogens is 242 g/mol. The Morgan fingerprint density at radius 2 is 2.26 bits per heavy atom. The molecule has 104 valence electrons. The van der Waals surface area contributed by atoms with Crippen molar-refractivity contribution < 1.29 is 9.53 Å². The van der Waals surface area contributed by atoms with Crippen LogP contribution in [0.2, 0.25) is 0 Å². The van der Waals surface area contributed by atoms with Crippen molar-refractivity contribution in [3.05, 3.63) is 24.3 Å². The van der Waals surface area contributed by atoms with Crippen molar-refractivity contribution in [3.8, 4) is 5.75 Å². The van der Waals surface area contributed by atoms with E-state index < -0.39 is 0 Å². The van der Waals surface area contributed by atoms with E-state index in [2.05, 4.69) is 16.0 Å². The minimum atomic E-state index is -0.153. The molecule has 1 saturated heterocycles. The Bertz CT molecular complexity index is 415. The highest BCUT2D eigenvalue weighted by Crippen LogP contribution is 2.16. The number of amides is 2. The van der Waals surface area contributed by atoms with Crippen LogP contribution in [0.5, 0.6) is 5.75 Å². The Kier molecular flexibility index (Phi) is 5.03. The highest BCUT2D eigenvalue weighted by molar-refractivity contribution is 5.89. The fourth-order valence-corrected chi connectivity index (χ4v) is 2.22. The van der Waals surface area contributed by atoms with Crippen molar-refractivity contribution in [2.24, 2.45) is 0 Å². The number of carbonyl (C=O) groups excluding carboxylic acids is 1. The van der Waals surface area contributed by atoms with Gasteiger partial charge in [-0.2, -0.15) is 0 Å². The summed E-state index contributed by atoms with van der Waals surface area (Å²) in [7, 11) is 1.61. The van der Waals surface area contributed by atoms with Crippen LogP contribution in [-0.4, -0.2) is 32.3 Å². The Labute approximate surface area is 113 Å². The van der Waals surface area contributed by atoms with Crippen LogP contribution in [0, 0.1) is 0 Å². The highest BCUT2D eigenvalue weighted by atomic mass is 16.5. The Morgan fingerprint density at radius 3 is 3.11 bits per heavy atom. The fourth-order valence-electron chi connectivity index (χ4n) is 2.22. The lowest BCUT2D eigenvalue weighted by molar-refractivity contribution is 0.247. The first-order valence-electron chi connectivity index (χ1n) is 6.70. The summed E-state index contributed by atoms with van der Waals surface area (Å²) in [6, 6.07) is 7.44. The zero-order valence-corrected chi connectivity index (χ0v) is 11.2. The van der Waals surface area contributed by atoms with Gasteiger partial charge < -0.3 is 20.7 Å². The van der Waals surface area contributed by atoms with Gasteiger partial charge in [0.2, 0.25) is 0 Å². The number of nitrogens with one attached hydrogen (secondary N) is 3. The number of rotatable bonds is 3. The van der Waals surface area contributed by atoms with E-state index >= 15 is 0 Å². The van der Waals surface area contributed by atoms with E-state index in [-0.39, 0.29) is 12.1 Å². The first-order chi connectivity index (χ1) is 9.28. The maximum Gasteiger partial charge on any atom is 0.319 e. The summed E-state index contributed by atoms with van der Waals surface area (Å²) in [5.74, 6) is 0.733. The van der Waals surface area contributed by atoms with Gasteiger partial charge in [0.15, 0.2) is 0 Å². The van der Waals surface area contributed by atoms with Crippen LogP contribution in [0.25, 0.3) is 0 Å². The van der Waals surface area contributed by atoms with Crippen molar-refractivity contribution in [1.29, 1.82) is 0 Å². The number of anilines is 1. The number of hydrogen-bond donors (Lipinski definition) is 3. The van der Waals surface area contributed by atoms with Gasteiger partial charge in [0.05, 0.1) is 7.11 Å². The van der Waals surface area contributed by atoms with E-state index in [0.29, 0.717) is 0 Å². The molecule has 1 aliphatic heterocycles. The molecule has 5 nitrogen and oxygen atoms in total. The lowest BCUT2D eigenvalue weighted by Crippen LogP contribution is -2.38. The Balaban J connectivity index is 1.85. The third-order valence-electron chi connectivity index (χ3n) is 3.24. The Morgan fingerprint density at radius 1 is 1.37 bits per heavy atom. The molecule has 0 aliphatic carbocycles. The molecule has 1 atom stereocenters. The quantitative estimate of drug-likeness (QED) is 0.781. The lowest BCUT2D eigenvalue weighted by Gasteiger charge is -2.16. The number of hydrogen-bond acceptors (Lipinski definition) is 3. The average Bonchev–Trinajstić information content (AvgIpc) is 2.67. The van der Waals surface area contributed by atoms with Gasteiger partial charge in [0.1, 0.15) is 5.75 Å². The SMILES string of the molecule is COc1cccc(NC(=O)NC2CCCNCC2)c1. The molecular formula is C14H21N3O2. The van der Waals surface area contributed by atoms with Crippen LogP contribution in [-0.2, 0) is 0 Å². The molecule has 0 radical (unpaired) electrons. The molecule has 2 amide bonds. The van der Waals surface area contributed by atoms with Gasteiger partial charge in [-0.15, -0.1) is 0 Å². The second kappa shape index (κ2) is 6.99. The van der Waals surface area contributed by atoms with E-state index in [1.165, 1.54) is 0 Å². The second-order valence-electron chi connectivity index (χ2n) is 4.71. The van der Waals surface area contributed by atoms with E-state index in [9.17, 15) is 4.79 Å². The van der Waals surface area contributed by atoms with Gasteiger partial charge in [0, 0.05) is 17.8 Å². The van der Waals surface area contributed by atoms with Crippen LogP contribution in [0.1, 0.15) is 19.3 Å². The van der Waals surface area contributed by atoms with Gasteiger partial charge in [-0.3, -0.25) is 0 Å². The van der Waals surface area contributed by atoms with Gasteiger partial charge in [-0.05, 0) is 44.5 Å². The van der Waals surface area contributed by atoms with Gasteiger partial charge in [0.25, 0.3) is 0 Å². The van der Waals surface area contributed by atoms with Crippen molar-refractivity contribution >= 4 is 11.7 Å². The summed E-state index contributed by atoms with van der Waals surface area (Å²) in [5.41, 5.74) is 0.739. The smallest absolute Gasteiger partial charge is 0.319 e. The largest absolute Gasteiger partial charge is 0.497 e. The topological polar surface area (TPSA) is 62.4 Å². The third-order valence-corrected chi connectivity index (χ3v) is 3.24. The molecule has 1 fully saturated rings. The van der Waals surface area contributed by atoms with Crippen molar-refractivity contribution in [1.82, 2.24) is 10.6 Å². The van der Waals surface area contributed by atoms with E-state index in [1.807, 2.05) is 18.2 Å². The van der Waals surface area contributed by atoms with Crippen molar-refractivity contribution in [2.75, 3.05) is 25.5 Å². The fraction of sp³-hybridized carbons (Fsp3) is 0.500. The number of urea groups is 1. The summed E-state index contributed by atoms with van der Waals surface area (Å²) in [6.07, 6.45) is 3.11. The van der Waals surface area contributed by atoms with Crippen LogP contribution in [0.3, 0.4) is 0 Å². The molecule has 1 aromatic rings. The maximum atomic E-state index is 11.9. The maximum absolute atomic E-state index is 11.9. The molecule has 0 bridgehead atoms. The minimum absolute atomic E-state index is 0.153. The van der Waals surface area contributed by atoms with Crippen molar-refractivity contribution in [3.63, 3.8) is 0 Å².